The van der Waals surface area contributed by atoms with Gasteiger partial charge in [0.05, 0.1) is 317 Å². The Morgan fingerprint density at radius 1 is 0.156 bits per heavy atom. The molecule has 0 aromatic rings. The summed E-state index contributed by atoms with van der Waals surface area (Å²) >= 11 is 0. The molecule has 39 nitrogen and oxygen atoms in total. The van der Waals surface area contributed by atoms with Crippen molar-refractivity contribution < 1.29 is 179 Å². The second-order valence-corrected chi connectivity index (χ2v) is 91.8. The van der Waals surface area contributed by atoms with Crippen LogP contribution in [-0.4, -0.2) is 495 Å². The van der Waals surface area contributed by atoms with Crippen LogP contribution in [0.4, 0.5) is 0 Å². The number of ether oxygens (including phenoxy) is 24. The lowest BCUT2D eigenvalue weighted by molar-refractivity contribution is -0.0783. The van der Waals surface area contributed by atoms with E-state index < -0.39 is 101 Å². The maximum atomic E-state index is 8.24. The lowest BCUT2D eigenvalue weighted by Gasteiger charge is -2.44. The van der Waals surface area contributed by atoms with Crippen molar-refractivity contribution in [3.8, 4) is 0 Å². The van der Waals surface area contributed by atoms with E-state index in [1.165, 1.54) is 0 Å². The highest BCUT2D eigenvalue weighted by molar-refractivity contribution is 6.90. The Morgan fingerprint density at radius 2 is 0.299 bits per heavy atom. The smallest absolute Gasteiger partial charge is 0.437 e. The van der Waals surface area contributed by atoms with Crippen molar-refractivity contribution in [2.24, 2.45) is 0 Å². The maximum Gasteiger partial charge on any atom is 0.500 e. The van der Waals surface area contributed by atoms with Gasteiger partial charge in [0.25, 0.3) is 0 Å². The Hall–Kier alpha value is 1.04. The van der Waals surface area contributed by atoms with Gasteiger partial charge in [-0.25, -0.2) is 0 Å². The highest BCUT2D eigenvalue weighted by Gasteiger charge is 2.54. The molecule has 147 heavy (non-hydrogen) atoms. The molecule has 6 saturated heterocycles. The van der Waals surface area contributed by atoms with Gasteiger partial charge in [-0.05, 0) is 218 Å². The van der Waals surface area contributed by atoms with Crippen molar-refractivity contribution >= 4 is 101 Å². The van der Waals surface area contributed by atoms with Gasteiger partial charge >= 0.3 is 34.7 Å². The van der Waals surface area contributed by atoms with E-state index in [4.69, 9.17) is 179 Å². The lowest BCUT2D eigenvalue weighted by atomic mass is 10.4. The van der Waals surface area contributed by atoms with Gasteiger partial charge in [-0.15, -0.1) is 0 Å². The number of rotatable bonds is 60. The minimum atomic E-state index is -3.84. The fourth-order valence-electron chi connectivity index (χ4n) is 16.6. The fraction of sp³-hybridized carbons (Fsp3) is 1.00. The molecule has 6 fully saturated rings. The van der Waals surface area contributed by atoms with Crippen molar-refractivity contribution in [3.05, 3.63) is 0 Å². The van der Waals surface area contributed by atoms with Gasteiger partial charge in [0, 0.05) is 51.7 Å². The average molecular weight is 2320 g/mol. The zero-order chi connectivity index (χ0) is 107. The van der Waals surface area contributed by atoms with E-state index in [2.05, 4.69) is 131 Å². The standard InChI is InChI=1S/C96H206O39Si12/c1-136(2,3)133-144(19,75-77-146(121-27-21-69-138(7,8)127-85-91-79-109-51-45-97-33-39-103-57-63-115-91,122-28-22-70-139(9,10)128-86-92-80-110-52-46-98-34-40-104-58-64-116-92)123-29-23-71-140(11,12)129-87-93-81-111-53-47-99-35-41-105-59-65-117-93)135-145(20,134-137(4,5)6)76-78-147(124-30-24-72-141(13,14)130-88-94-82-112-54-48-100-36-42-106-60-66-118-94,125-31-25-73-142(15,16)131-89-95-83-113-55-49-101-37-43-107-61-67-119-95)126-32-26-74-143(17,18)132-90-96-84-114-56-50-102-38-44-108-62-68-120-96/h91-96H,21-90H2,1-20H3. The summed E-state index contributed by atoms with van der Waals surface area (Å²) in [6.07, 6.45) is 2.42. The molecule has 6 heterocycles. The van der Waals surface area contributed by atoms with Crippen LogP contribution in [0.25, 0.3) is 0 Å². The molecule has 0 bridgehead atoms. The van der Waals surface area contributed by atoms with E-state index in [0.717, 1.165) is 36.3 Å². The van der Waals surface area contributed by atoms with Crippen LogP contribution in [0.1, 0.15) is 38.5 Å². The predicted molar refractivity (Wildman–Crippen MR) is 590 cm³/mol. The Bertz CT molecular complexity index is 2640. The summed E-state index contributed by atoms with van der Waals surface area (Å²) in [6, 6.07) is 6.44. The highest BCUT2D eigenvalue weighted by Crippen LogP contribution is 2.38. The number of hydrogen-bond donors (Lipinski definition) is 0. The summed E-state index contributed by atoms with van der Waals surface area (Å²) in [6.45, 7) is 68.6. The summed E-state index contributed by atoms with van der Waals surface area (Å²) in [5, 5.41) is 0. The Balaban J connectivity index is 1.41. The maximum absolute atomic E-state index is 8.24. The average Bonchev–Trinajstić information content (AvgIpc) is 0.791. The second-order valence-electron chi connectivity index (χ2n) is 44.1. The van der Waals surface area contributed by atoms with Crippen LogP contribution in [-0.2, 0) is 179 Å². The van der Waals surface area contributed by atoms with Gasteiger partial charge in [-0.3, -0.25) is 0 Å². The first-order valence-corrected chi connectivity index (χ1v) is 89.5. The molecule has 6 rings (SSSR count). The molecule has 6 aliphatic heterocycles. The molecule has 51 heteroatoms. The lowest BCUT2D eigenvalue weighted by Crippen LogP contribution is -2.60. The molecular formula is C96H206O39Si12. The van der Waals surface area contributed by atoms with Gasteiger partial charge < -0.3 is 179 Å². The largest absolute Gasteiger partial charge is 0.500 e. The van der Waals surface area contributed by atoms with E-state index in [1.807, 2.05) is 0 Å². The third kappa shape index (κ3) is 72.2. The second kappa shape index (κ2) is 78.4. The van der Waals surface area contributed by atoms with Crippen LogP contribution in [0.5, 0.6) is 0 Å². The van der Waals surface area contributed by atoms with Gasteiger partial charge in [-0.1, -0.05) is 0 Å². The Labute approximate surface area is 898 Å². The van der Waals surface area contributed by atoms with E-state index in [-0.39, 0.29) is 36.6 Å². The van der Waals surface area contributed by atoms with Crippen LogP contribution < -0.4 is 0 Å². The molecule has 0 radical (unpaired) electrons. The first-order valence-electron chi connectivity index (χ1n) is 55.1. The van der Waals surface area contributed by atoms with Crippen LogP contribution in [0, 0.1) is 0 Å². The van der Waals surface area contributed by atoms with E-state index >= 15 is 0 Å². The van der Waals surface area contributed by atoms with Crippen molar-refractivity contribution in [2.75, 3.05) is 357 Å². The summed E-state index contributed by atoms with van der Waals surface area (Å²) < 4.78 is 254. The zero-order valence-corrected chi connectivity index (χ0v) is 107. The number of hydrogen-bond acceptors (Lipinski definition) is 39. The normalized spacial score (nSPS) is 24.3. The van der Waals surface area contributed by atoms with Crippen LogP contribution in [0.15, 0.2) is 0 Å². The molecule has 8 unspecified atom stereocenters. The Kier molecular flexibility index (Phi) is 72.9. The zero-order valence-electron chi connectivity index (χ0n) is 94.9. The van der Waals surface area contributed by atoms with E-state index in [0.29, 0.717) is 419 Å². The predicted octanol–water partition coefficient (Wildman–Crippen LogP) is 13.2. The third-order valence-electron chi connectivity index (χ3n) is 24.5. The van der Waals surface area contributed by atoms with Crippen LogP contribution in [0.2, 0.25) is 191 Å². The first kappa shape index (κ1) is 137. The molecule has 6 aliphatic rings. The van der Waals surface area contributed by atoms with Gasteiger partial charge in [0.2, 0.25) is 0 Å². The van der Waals surface area contributed by atoms with Gasteiger partial charge in [0.15, 0.2) is 66.5 Å². The summed E-state index contributed by atoms with van der Waals surface area (Å²) in [7, 11) is -34.1. The molecule has 0 aliphatic carbocycles. The van der Waals surface area contributed by atoms with E-state index in [9.17, 15) is 0 Å². The molecule has 0 aromatic heterocycles. The van der Waals surface area contributed by atoms with Crippen LogP contribution in [0.3, 0.4) is 0 Å². The molecule has 0 N–H and O–H groups in total. The van der Waals surface area contributed by atoms with Crippen molar-refractivity contribution in [2.45, 2.75) is 267 Å². The fourth-order valence-corrected chi connectivity index (χ4v) is 54.2. The van der Waals surface area contributed by atoms with Crippen LogP contribution >= 0.6 is 0 Å². The molecule has 0 saturated carbocycles. The topological polar surface area (TPSA) is 360 Å². The van der Waals surface area contributed by atoms with E-state index in [1.54, 1.807) is 0 Å². The Morgan fingerprint density at radius 3 is 0.449 bits per heavy atom. The molecule has 8 atom stereocenters. The van der Waals surface area contributed by atoms with Crippen molar-refractivity contribution in [3.63, 3.8) is 0 Å². The summed E-state index contributed by atoms with van der Waals surface area (Å²) in [5.41, 5.74) is 0. The van der Waals surface area contributed by atoms with Crippen molar-refractivity contribution in [1.82, 2.24) is 0 Å². The molecular weight excluding hydrogens is 2110 g/mol. The minimum absolute atomic E-state index is 0.279. The molecule has 872 valence electrons. The minimum Gasteiger partial charge on any atom is -0.437 e. The molecule has 0 spiro atoms. The van der Waals surface area contributed by atoms with Gasteiger partial charge in [0.1, 0.15) is 36.6 Å². The molecule has 0 aromatic carbocycles. The first-order chi connectivity index (χ1) is 70.2. The third-order valence-corrected chi connectivity index (χ3v) is 60.2. The molecule has 0 amide bonds. The summed E-state index contributed by atoms with van der Waals surface area (Å²) in [4.78, 5) is 0. The quantitative estimate of drug-likeness (QED) is 0.0403. The van der Waals surface area contributed by atoms with Gasteiger partial charge in [-0.2, -0.15) is 0 Å². The summed E-state index contributed by atoms with van der Waals surface area (Å²) in [5.74, 6) is 0. The SMILES string of the molecule is C[Si](C)(C)O[Si](C)(CC[Si](OCCC[Si](C)(C)OCC1COCCOCCOCCO1)(OCCC[Si](C)(C)OCC1COCCOCCOCCO1)OCCC[Si](C)(C)OCC1COCCOCCOCCO1)O[Si](C)(CC[Si](OCCC[Si](C)(C)OCC1COCCOCCOCCO1)(OCCC[Si](C)(C)OCC1COCCOCCOCCO1)OCCC[Si](C)(C)OCC1COCCOCCOCCO1)O[Si](C)(C)C. The van der Waals surface area contributed by atoms with Crippen molar-refractivity contribution in [1.29, 1.82) is 0 Å². The highest BCUT2D eigenvalue weighted by atomic mass is 28.5. The monoisotopic (exact) mass is 2320 g/mol.